The molecular weight excluding hydrogens is 300 g/mol. The molecule has 2 N–H and O–H groups in total. The summed E-state index contributed by atoms with van der Waals surface area (Å²) < 4.78 is 6.38. The van der Waals surface area contributed by atoms with Crippen LogP contribution in [0.3, 0.4) is 0 Å². The van der Waals surface area contributed by atoms with Gasteiger partial charge in [0, 0.05) is 11.1 Å². The Morgan fingerprint density at radius 1 is 1.61 bits per heavy atom. The lowest BCUT2D eigenvalue weighted by atomic mass is 10.1. The minimum Gasteiger partial charge on any atom is -0.479 e. The third-order valence-electron chi connectivity index (χ3n) is 3.18. The second-order valence-corrected chi connectivity index (χ2v) is 5.48. The smallest absolute Gasteiger partial charge is 0.344 e. The molecule has 0 heterocycles. The van der Waals surface area contributed by atoms with E-state index in [1.807, 2.05) is 12.1 Å². The number of carboxylic acid groups (broad SMARTS) is 1. The largest absolute Gasteiger partial charge is 0.479 e. The Labute approximate surface area is 114 Å². The zero-order valence-corrected chi connectivity index (χ0v) is 11.6. The van der Waals surface area contributed by atoms with E-state index in [1.165, 1.54) is 6.92 Å². The number of halogens is 1. The Bertz CT molecular complexity index is 460. The van der Waals surface area contributed by atoms with Gasteiger partial charge in [0.25, 0.3) is 0 Å². The molecule has 5 heteroatoms. The van der Waals surface area contributed by atoms with Gasteiger partial charge in [-0.3, -0.25) is 0 Å². The lowest BCUT2D eigenvalue weighted by Gasteiger charge is -2.15. The Hall–Kier alpha value is -1.07. The fourth-order valence-electron chi connectivity index (χ4n) is 1.99. The second-order valence-electron chi connectivity index (χ2n) is 4.57. The molecule has 1 aliphatic rings. The molecular formula is C13H15BrO4. The van der Waals surface area contributed by atoms with Crippen LogP contribution in [0.4, 0.5) is 0 Å². The summed E-state index contributed by atoms with van der Waals surface area (Å²) in [5.41, 5.74) is 0.969. The molecule has 0 radical (unpaired) electrons. The van der Waals surface area contributed by atoms with E-state index in [2.05, 4.69) is 15.9 Å². The number of benzene rings is 1. The number of hydrogen-bond acceptors (Lipinski definition) is 3. The van der Waals surface area contributed by atoms with E-state index in [4.69, 9.17) is 14.9 Å². The van der Waals surface area contributed by atoms with Crippen molar-refractivity contribution in [2.45, 2.75) is 25.4 Å². The molecule has 0 aliphatic heterocycles. The van der Waals surface area contributed by atoms with Crippen LogP contribution in [0.1, 0.15) is 24.8 Å². The van der Waals surface area contributed by atoms with Crippen LogP contribution < -0.4 is 4.74 Å². The van der Waals surface area contributed by atoms with E-state index in [0.29, 0.717) is 5.75 Å². The van der Waals surface area contributed by atoms with Crippen molar-refractivity contribution in [1.29, 1.82) is 0 Å². The van der Waals surface area contributed by atoms with Crippen LogP contribution in [0.25, 0.3) is 0 Å². The first-order valence-corrected chi connectivity index (χ1v) is 6.62. The summed E-state index contributed by atoms with van der Waals surface area (Å²) >= 11 is 3.40. The molecule has 1 saturated carbocycles. The molecule has 1 aromatic carbocycles. The van der Waals surface area contributed by atoms with E-state index in [0.717, 1.165) is 16.5 Å². The second kappa shape index (κ2) is 5.28. The quantitative estimate of drug-likeness (QED) is 0.875. The van der Waals surface area contributed by atoms with Gasteiger partial charge in [-0.05, 0) is 48.9 Å². The summed E-state index contributed by atoms with van der Waals surface area (Å²) in [5, 5.41) is 18.0. The van der Waals surface area contributed by atoms with Crippen molar-refractivity contribution in [3.05, 3.63) is 28.2 Å². The maximum absolute atomic E-state index is 10.8. The van der Waals surface area contributed by atoms with Crippen LogP contribution in [0.15, 0.2) is 22.7 Å². The van der Waals surface area contributed by atoms with Crippen molar-refractivity contribution in [1.82, 2.24) is 0 Å². The number of hydrogen-bond donors (Lipinski definition) is 2. The van der Waals surface area contributed by atoms with Crippen LogP contribution in [0.2, 0.25) is 0 Å². The van der Waals surface area contributed by atoms with Crippen LogP contribution in [0, 0.1) is 5.92 Å². The fourth-order valence-corrected chi connectivity index (χ4v) is 2.37. The number of carbonyl (C=O) groups is 1. The lowest BCUT2D eigenvalue weighted by molar-refractivity contribution is -0.144. The predicted molar refractivity (Wildman–Crippen MR) is 69.8 cm³/mol. The summed E-state index contributed by atoms with van der Waals surface area (Å²) in [6.45, 7) is 1.66. The lowest BCUT2D eigenvalue weighted by Crippen LogP contribution is -2.23. The van der Waals surface area contributed by atoms with Crippen molar-refractivity contribution in [2.24, 2.45) is 5.92 Å². The normalized spacial score (nSPS) is 23.5. The molecule has 0 saturated heterocycles. The summed E-state index contributed by atoms with van der Waals surface area (Å²) in [7, 11) is 0. The standard InChI is InChI=1S/C13H15BrO4/c1-7(13(16)17)18-12-3-2-9(14)5-11(12)10-4-8(10)6-15/h2-3,5,7-8,10,15H,4,6H2,1H3,(H,16,17)/t7?,8-,10+/m1/s1. The highest BCUT2D eigenvalue weighted by Gasteiger charge is 2.39. The predicted octanol–water partition coefficient (Wildman–Crippen LogP) is 2.40. The van der Waals surface area contributed by atoms with Crippen molar-refractivity contribution in [2.75, 3.05) is 6.61 Å². The molecule has 98 valence electrons. The Kier molecular flexibility index (Phi) is 3.92. The average molecular weight is 315 g/mol. The molecule has 1 fully saturated rings. The highest BCUT2D eigenvalue weighted by atomic mass is 79.9. The number of ether oxygens (including phenoxy) is 1. The Morgan fingerprint density at radius 2 is 2.33 bits per heavy atom. The molecule has 0 aromatic heterocycles. The Balaban J connectivity index is 2.21. The van der Waals surface area contributed by atoms with Crippen LogP contribution >= 0.6 is 15.9 Å². The number of carboxylic acids is 1. The number of rotatable bonds is 5. The fraction of sp³-hybridized carbons (Fsp3) is 0.462. The van der Waals surface area contributed by atoms with Gasteiger partial charge in [-0.15, -0.1) is 0 Å². The molecule has 1 unspecified atom stereocenters. The van der Waals surface area contributed by atoms with Crippen LogP contribution in [0.5, 0.6) is 5.75 Å². The summed E-state index contributed by atoms with van der Waals surface area (Å²) in [4.78, 5) is 10.8. The maximum Gasteiger partial charge on any atom is 0.344 e. The molecule has 0 spiro atoms. The SMILES string of the molecule is CC(Oc1ccc(Br)cc1[C@H]1C[C@@H]1CO)C(=O)O. The minimum atomic E-state index is -0.988. The zero-order chi connectivity index (χ0) is 13.3. The van der Waals surface area contributed by atoms with Gasteiger partial charge in [0.05, 0.1) is 0 Å². The highest BCUT2D eigenvalue weighted by Crippen LogP contribution is 2.50. The summed E-state index contributed by atoms with van der Waals surface area (Å²) in [6.07, 6.45) is 0.0429. The number of aliphatic carboxylic acids is 1. The molecule has 0 bridgehead atoms. The first-order valence-electron chi connectivity index (χ1n) is 5.82. The van der Waals surface area contributed by atoms with Crippen LogP contribution in [-0.4, -0.2) is 28.9 Å². The maximum atomic E-state index is 10.8. The molecule has 18 heavy (non-hydrogen) atoms. The van der Waals surface area contributed by atoms with Gasteiger partial charge in [0.1, 0.15) is 5.75 Å². The summed E-state index contributed by atoms with van der Waals surface area (Å²) in [5.74, 6) is 0.137. The first kappa shape index (κ1) is 13.4. The number of aliphatic hydroxyl groups is 1. The topological polar surface area (TPSA) is 66.8 Å². The van der Waals surface area contributed by atoms with E-state index >= 15 is 0 Å². The average Bonchev–Trinajstić information content (AvgIpc) is 3.10. The van der Waals surface area contributed by atoms with Crippen molar-refractivity contribution in [3.63, 3.8) is 0 Å². The molecule has 3 atom stereocenters. The highest BCUT2D eigenvalue weighted by molar-refractivity contribution is 9.10. The van der Waals surface area contributed by atoms with E-state index in [-0.39, 0.29) is 18.4 Å². The third-order valence-corrected chi connectivity index (χ3v) is 3.67. The van der Waals surface area contributed by atoms with Gasteiger partial charge in [-0.2, -0.15) is 0 Å². The molecule has 2 rings (SSSR count). The van der Waals surface area contributed by atoms with E-state index in [1.54, 1.807) is 6.07 Å². The molecule has 0 amide bonds. The summed E-state index contributed by atoms with van der Waals surface area (Å²) in [6, 6.07) is 5.53. The van der Waals surface area contributed by atoms with Crippen molar-refractivity contribution >= 4 is 21.9 Å². The van der Waals surface area contributed by atoms with Crippen molar-refractivity contribution < 1.29 is 19.7 Å². The Morgan fingerprint density at radius 3 is 2.89 bits per heavy atom. The molecule has 4 nitrogen and oxygen atoms in total. The van der Waals surface area contributed by atoms with E-state index in [9.17, 15) is 4.79 Å². The minimum absolute atomic E-state index is 0.158. The van der Waals surface area contributed by atoms with Gasteiger partial charge in [-0.1, -0.05) is 15.9 Å². The van der Waals surface area contributed by atoms with Crippen LogP contribution in [-0.2, 0) is 4.79 Å². The van der Waals surface area contributed by atoms with Gasteiger partial charge >= 0.3 is 5.97 Å². The molecule has 1 aromatic rings. The van der Waals surface area contributed by atoms with Gasteiger partial charge in [-0.25, -0.2) is 4.79 Å². The van der Waals surface area contributed by atoms with Crippen molar-refractivity contribution in [3.8, 4) is 5.75 Å². The zero-order valence-electron chi connectivity index (χ0n) is 9.97. The van der Waals surface area contributed by atoms with Gasteiger partial charge in [0.2, 0.25) is 0 Å². The van der Waals surface area contributed by atoms with Gasteiger partial charge in [0.15, 0.2) is 6.10 Å². The monoisotopic (exact) mass is 314 g/mol. The van der Waals surface area contributed by atoms with E-state index < -0.39 is 12.1 Å². The number of aliphatic hydroxyl groups excluding tert-OH is 1. The third kappa shape index (κ3) is 2.84. The van der Waals surface area contributed by atoms with Gasteiger partial charge < -0.3 is 14.9 Å². The molecule has 1 aliphatic carbocycles. The first-order chi connectivity index (χ1) is 8.52.